The predicted octanol–water partition coefficient (Wildman–Crippen LogP) is 10.9. The van der Waals surface area contributed by atoms with Crippen LogP contribution in [0.15, 0.2) is 136 Å². The number of rotatable bonds is 14. The minimum absolute atomic E-state index is 0.0112. The van der Waals surface area contributed by atoms with E-state index in [1.807, 2.05) is 38.1 Å². The lowest BCUT2D eigenvalue weighted by molar-refractivity contribution is -0.194. The molecule has 0 spiro atoms. The Labute approximate surface area is 444 Å². The molecule has 5 bridgehead atoms. The molecule has 3 aliphatic heterocycles. The highest BCUT2D eigenvalue weighted by Gasteiger charge is 2.55. The lowest BCUT2D eigenvalue weighted by Crippen LogP contribution is -2.56. The zero-order valence-corrected chi connectivity index (χ0v) is 43.6. The largest absolute Gasteiger partial charge is 0.482 e. The van der Waals surface area contributed by atoms with Crippen molar-refractivity contribution < 1.29 is 48.3 Å². The standard InChI is InChI=1S/C65H68O11/c1-41(2)51-24-21-44-22-25-52-48(34-44)19-9-10-30-65(31-12-18-42-13-5-3-6-14-42)62(75-63(51)70)61(59-56(76-65)28-27-54-55(38-67)58(64(71)74-60(54)59)49(29-32-66)39-72-40-68)73-57(69)37-50-36-47(23-26-53(50)52)46-20-11-17-45(35-46)33-43-15-7-4-8-16-43/h3-8,11,13-17,20,22,25,27-28,34-35,47,49-50,53,61-62,66-68H,12,18-19,21,23-24,26,29-33,36-40H2,1-2H3. The number of aryl methyl sites for hydroxylation is 2. The molecule has 0 radical (unpaired) electrons. The van der Waals surface area contributed by atoms with Gasteiger partial charge in [-0.3, -0.25) is 4.79 Å². The fraction of sp³-hybridized carbons (Fsp3) is 0.400. The summed E-state index contributed by atoms with van der Waals surface area (Å²) in [6.07, 6.45) is 4.01. The molecule has 76 heavy (non-hydrogen) atoms. The van der Waals surface area contributed by atoms with Crippen LogP contribution in [-0.4, -0.2) is 59.0 Å². The van der Waals surface area contributed by atoms with E-state index in [-0.39, 0.29) is 78.3 Å². The molecule has 3 N–H and O–H groups in total. The molecule has 1 aromatic heterocycles. The fourth-order valence-corrected chi connectivity index (χ4v) is 12.7. The smallest absolute Gasteiger partial charge is 0.340 e. The number of aliphatic hydroxyl groups excluding tert-OH is 3. The number of carbonyl (C=O) groups is 2. The molecular formula is C65H68O11. The molecule has 7 unspecified atom stereocenters. The number of fused-ring (bicyclic) bond motifs is 9. The Morgan fingerprint density at radius 2 is 1.62 bits per heavy atom. The summed E-state index contributed by atoms with van der Waals surface area (Å²) in [7, 11) is 0. The van der Waals surface area contributed by atoms with Crippen LogP contribution in [0.25, 0.3) is 11.0 Å². The van der Waals surface area contributed by atoms with Crippen molar-refractivity contribution in [1.29, 1.82) is 0 Å². The van der Waals surface area contributed by atoms with E-state index < -0.39 is 54.7 Å². The Kier molecular flexibility index (Phi) is 16.3. The van der Waals surface area contributed by atoms with Crippen molar-refractivity contribution in [2.45, 2.75) is 139 Å². The fourth-order valence-electron chi connectivity index (χ4n) is 12.7. The average molecular weight is 1030 g/mol. The highest BCUT2D eigenvalue weighted by atomic mass is 16.6. The first-order chi connectivity index (χ1) is 37.1. The number of carbonyl (C=O) groups excluding carboxylic acids is 2. The van der Waals surface area contributed by atoms with Gasteiger partial charge >= 0.3 is 17.6 Å². The second-order valence-corrected chi connectivity index (χ2v) is 21.5. The molecule has 5 aromatic carbocycles. The Morgan fingerprint density at radius 1 is 0.829 bits per heavy atom. The molecule has 11 heteroatoms. The van der Waals surface area contributed by atoms with Gasteiger partial charge in [-0.15, -0.1) is 0 Å². The van der Waals surface area contributed by atoms with Crippen molar-refractivity contribution in [3.63, 3.8) is 0 Å². The monoisotopic (exact) mass is 1020 g/mol. The quantitative estimate of drug-likeness (QED) is 0.0313. The van der Waals surface area contributed by atoms with Gasteiger partial charge in [-0.05, 0) is 152 Å². The summed E-state index contributed by atoms with van der Waals surface area (Å²) < 4.78 is 32.8. The molecule has 4 heterocycles. The number of benzene rings is 5. The first-order valence-corrected chi connectivity index (χ1v) is 27.1. The highest BCUT2D eigenvalue weighted by molar-refractivity contribution is 5.90. The summed E-state index contributed by atoms with van der Waals surface area (Å²) >= 11 is 0. The van der Waals surface area contributed by atoms with Crippen LogP contribution in [-0.2, 0) is 56.1 Å². The van der Waals surface area contributed by atoms with Gasteiger partial charge in [-0.25, -0.2) is 9.59 Å². The second kappa shape index (κ2) is 23.6. The Hall–Kier alpha value is -6.81. The molecular weight excluding hydrogens is 957 g/mol. The lowest BCUT2D eigenvalue weighted by atomic mass is 9.67. The van der Waals surface area contributed by atoms with Gasteiger partial charge in [0, 0.05) is 41.9 Å². The molecule has 10 rings (SSSR count). The molecule has 0 amide bonds. The van der Waals surface area contributed by atoms with Crippen LogP contribution in [0.3, 0.4) is 0 Å². The van der Waals surface area contributed by atoms with Crippen molar-refractivity contribution >= 4 is 22.9 Å². The molecule has 6 aromatic rings. The highest BCUT2D eigenvalue weighted by Crippen LogP contribution is 2.52. The Morgan fingerprint density at radius 3 is 2.38 bits per heavy atom. The minimum atomic E-state index is -1.37. The molecule has 0 saturated heterocycles. The van der Waals surface area contributed by atoms with Crippen LogP contribution in [0.4, 0.5) is 0 Å². The van der Waals surface area contributed by atoms with Gasteiger partial charge in [0.25, 0.3) is 0 Å². The average Bonchev–Trinajstić information content (AvgIpc) is 3.48. The van der Waals surface area contributed by atoms with Crippen molar-refractivity contribution in [3.05, 3.63) is 192 Å². The zero-order chi connectivity index (χ0) is 52.8. The predicted molar refractivity (Wildman–Crippen MR) is 290 cm³/mol. The first-order valence-electron chi connectivity index (χ1n) is 27.1. The number of allylic oxidation sites excluding steroid dienone is 1. The molecule has 394 valence electrons. The van der Waals surface area contributed by atoms with Crippen LogP contribution in [0.2, 0.25) is 0 Å². The van der Waals surface area contributed by atoms with E-state index in [1.165, 1.54) is 22.3 Å². The van der Waals surface area contributed by atoms with Crippen molar-refractivity contribution in [3.8, 4) is 17.6 Å². The van der Waals surface area contributed by atoms with Gasteiger partial charge in [-0.1, -0.05) is 121 Å². The zero-order valence-electron chi connectivity index (χ0n) is 43.6. The van der Waals surface area contributed by atoms with E-state index in [2.05, 4.69) is 90.7 Å². The molecule has 1 saturated carbocycles. The maximum Gasteiger partial charge on any atom is 0.340 e. The third-order valence-corrected chi connectivity index (χ3v) is 16.5. The maximum atomic E-state index is 15.5. The van der Waals surface area contributed by atoms with E-state index in [4.69, 9.17) is 23.4 Å². The summed E-state index contributed by atoms with van der Waals surface area (Å²) in [5.74, 6) is 5.59. The Balaban J connectivity index is 1.15. The van der Waals surface area contributed by atoms with E-state index in [0.717, 1.165) is 47.9 Å². The summed E-state index contributed by atoms with van der Waals surface area (Å²) in [4.78, 5) is 45.1. The molecule has 4 aliphatic rings. The SMILES string of the molecule is CC(C)=C1CCc2ccc3c(c2)CC#CCC2(CCCc4ccccc4)Oc4ccc5c(CO)c(C(CCO)COCO)c(=O)oc5c4C(OC(=O)CC4CC(c5cccc(Cc6ccccc6)c5)CCC34)C2OC1=O. The van der Waals surface area contributed by atoms with Gasteiger partial charge in [0.05, 0.1) is 25.2 Å². The van der Waals surface area contributed by atoms with E-state index >= 15 is 9.59 Å². The Bertz CT molecular complexity index is 3220. The number of ether oxygens (including phenoxy) is 4. The van der Waals surface area contributed by atoms with Crippen LogP contribution >= 0.6 is 0 Å². The number of esters is 2. The first kappa shape index (κ1) is 52.6. The van der Waals surface area contributed by atoms with Crippen LogP contribution in [0.1, 0.15) is 151 Å². The molecule has 11 nitrogen and oxygen atoms in total. The van der Waals surface area contributed by atoms with E-state index in [0.29, 0.717) is 49.5 Å². The van der Waals surface area contributed by atoms with Crippen LogP contribution in [0, 0.1) is 17.8 Å². The van der Waals surface area contributed by atoms with Crippen molar-refractivity contribution in [1.82, 2.24) is 0 Å². The summed E-state index contributed by atoms with van der Waals surface area (Å²) in [5.41, 5.74) is 7.88. The number of aliphatic hydroxyl groups is 3. The van der Waals surface area contributed by atoms with Crippen molar-refractivity contribution in [2.24, 2.45) is 5.92 Å². The lowest BCUT2D eigenvalue weighted by Gasteiger charge is -2.47. The third kappa shape index (κ3) is 11.2. The topological polar surface area (TPSA) is 162 Å². The third-order valence-electron chi connectivity index (χ3n) is 16.5. The number of hydrogen-bond acceptors (Lipinski definition) is 11. The summed E-state index contributed by atoms with van der Waals surface area (Å²) in [6.45, 7) is 2.17. The molecule has 7 atom stereocenters. The van der Waals surface area contributed by atoms with Gasteiger partial charge < -0.3 is 38.7 Å². The summed E-state index contributed by atoms with van der Waals surface area (Å²) in [6, 6.07) is 39.5. The van der Waals surface area contributed by atoms with Gasteiger partial charge in [0.2, 0.25) is 0 Å². The summed E-state index contributed by atoms with van der Waals surface area (Å²) in [5, 5.41) is 31.1. The molecule has 1 fully saturated rings. The second-order valence-electron chi connectivity index (χ2n) is 21.5. The van der Waals surface area contributed by atoms with E-state index in [9.17, 15) is 20.1 Å². The van der Waals surface area contributed by atoms with Crippen LogP contribution in [0.5, 0.6) is 5.75 Å². The number of hydrogen-bond donors (Lipinski definition) is 3. The van der Waals surface area contributed by atoms with Gasteiger partial charge in [-0.2, -0.15) is 0 Å². The maximum absolute atomic E-state index is 15.5. The van der Waals surface area contributed by atoms with Gasteiger partial charge in [0.1, 0.15) is 18.1 Å². The van der Waals surface area contributed by atoms with Crippen molar-refractivity contribution in [2.75, 3.05) is 20.0 Å². The van der Waals surface area contributed by atoms with Crippen LogP contribution < -0.4 is 10.4 Å². The van der Waals surface area contributed by atoms with Gasteiger partial charge in [0.15, 0.2) is 17.8 Å². The molecule has 1 aliphatic carbocycles. The van der Waals surface area contributed by atoms with E-state index in [1.54, 1.807) is 12.1 Å². The normalized spacial score (nSPS) is 22.6. The minimum Gasteiger partial charge on any atom is -0.482 e.